The summed E-state index contributed by atoms with van der Waals surface area (Å²) in [5, 5.41) is 6.09. The summed E-state index contributed by atoms with van der Waals surface area (Å²) in [5.41, 5.74) is 1.16. The molecule has 2 aromatic rings. The first-order valence-corrected chi connectivity index (χ1v) is 8.17. The lowest BCUT2D eigenvalue weighted by atomic mass is 10.2. The Morgan fingerprint density at radius 3 is 2.83 bits per heavy atom. The molecule has 3 rings (SSSR count). The van der Waals surface area contributed by atoms with Crippen molar-refractivity contribution in [2.24, 2.45) is 0 Å². The number of pyridine rings is 1. The summed E-state index contributed by atoms with van der Waals surface area (Å²) in [4.78, 5) is 16.6. The van der Waals surface area contributed by atoms with E-state index >= 15 is 0 Å². The molecule has 2 heterocycles. The molecule has 126 valence electrons. The maximum atomic E-state index is 12.3. The van der Waals surface area contributed by atoms with Crippen molar-refractivity contribution in [2.45, 2.75) is 26.2 Å². The van der Waals surface area contributed by atoms with Crippen molar-refractivity contribution in [3.05, 3.63) is 42.1 Å². The van der Waals surface area contributed by atoms with E-state index in [1.54, 1.807) is 24.4 Å². The Balaban J connectivity index is 1.56. The normalized spacial score (nSPS) is 12.0. The lowest BCUT2D eigenvalue weighted by molar-refractivity contribution is 0.102. The van der Waals surface area contributed by atoms with Crippen molar-refractivity contribution in [1.82, 2.24) is 4.98 Å². The molecule has 0 saturated carbocycles. The highest BCUT2D eigenvalue weighted by atomic mass is 16.7. The Kier molecular flexibility index (Phi) is 5.15. The molecule has 0 aliphatic carbocycles. The predicted molar refractivity (Wildman–Crippen MR) is 92.8 cm³/mol. The van der Waals surface area contributed by atoms with Gasteiger partial charge in [0.1, 0.15) is 5.82 Å². The molecule has 1 aromatic heterocycles. The van der Waals surface area contributed by atoms with Crippen molar-refractivity contribution in [3.63, 3.8) is 0 Å². The summed E-state index contributed by atoms with van der Waals surface area (Å²) in [7, 11) is 0. The van der Waals surface area contributed by atoms with Crippen LogP contribution in [0.1, 0.15) is 36.5 Å². The Hall–Kier alpha value is -2.76. The van der Waals surface area contributed by atoms with Crippen LogP contribution < -0.4 is 20.1 Å². The minimum Gasteiger partial charge on any atom is -0.454 e. The molecule has 2 N–H and O–H groups in total. The second-order valence-corrected chi connectivity index (χ2v) is 5.59. The number of ether oxygens (including phenoxy) is 2. The number of carbonyl (C=O) groups is 1. The van der Waals surface area contributed by atoms with Crippen molar-refractivity contribution < 1.29 is 14.3 Å². The van der Waals surface area contributed by atoms with Crippen LogP contribution in [0, 0.1) is 0 Å². The standard InChI is InChI=1S/C18H21N3O3/c1-2-3-4-9-19-17-8-6-14(11-20-17)21-18(22)13-5-7-15-16(10-13)24-12-23-15/h5-8,10-11H,2-4,9,12H2,1H3,(H,19,20)(H,21,22). The quantitative estimate of drug-likeness (QED) is 0.759. The first-order valence-electron chi connectivity index (χ1n) is 8.17. The lowest BCUT2D eigenvalue weighted by Crippen LogP contribution is -2.12. The summed E-state index contributed by atoms with van der Waals surface area (Å²) in [6, 6.07) is 8.81. The van der Waals surface area contributed by atoms with Gasteiger partial charge in [-0.1, -0.05) is 19.8 Å². The second kappa shape index (κ2) is 7.68. The summed E-state index contributed by atoms with van der Waals surface area (Å²) in [6.45, 7) is 3.27. The average molecular weight is 327 g/mol. The number of unbranched alkanes of at least 4 members (excludes halogenated alkanes) is 2. The fraction of sp³-hybridized carbons (Fsp3) is 0.333. The minimum atomic E-state index is -0.209. The zero-order valence-corrected chi connectivity index (χ0v) is 13.7. The highest BCUT2D eigenvalue weighted by Crippen LogP contribution is 2.32. The van der Waals surface area contributed by atoms with Gasteiger partial charge in [0, 0.05) is 12.1 Å². The Labute approximate surface area is 141 Å². The molecule has 1 aromatic carbocycles. The topological polar surface area (TPSA) is 72.5 Å². The third-order valence-electron chi connectivity index (χ3n) is 3.74. The monoisotopic (exact) mass is 327 g/mol. The molecule has 0 fully saturated rings. The van der Waals surface area contributed by atoms with E-state index in [4.69, 9.17) is 9.47 Å². The summed E-state index contributed by atoms with van der Waals surface area (Å²) in [6.07, 6.45) is 5.17. The van der Waals surface area contributed by atoms with Gasteiger partial charge in [0.05, 0.1) is 11.9 Å². The number of amides is 1. The molecule has 0 atom stereocenters. The van der Waals surface area contributed by atoms with Gasteiger partial charge in [0.2, 0.25) is 6.79 Å². The average Bonchev–Trinajstić information content (AvgIpc) is 3.08. The van der Waals surface area contributed by atoms with Crippen LogP contribution in [0.15, 0.2) is 36.5 Å². The molecule has 1 amide bonds. The molecule has 0 radical (unpaired) electrons. The zero-order valence-electron chi connectivity index (χ0n) is 13.7. The highest BCUT2D eigenvalue weighted by molar-refractivity contribution is 6.04. The number of anilines is 2. The van der Waals surface area contributed by atoms with E-state index in [1.165, 1.54) is 12.8 Å². The van der Waals surface area contributed by atoms with Crippen molar-refractivity contribution in [2.75, 3.05) is 24.0 Å². The molecule has 6 nitrogen and oxygen atoms in total. The maximum Gasteiger partial charge on any atom is 0.255 e. The van der Waals surface area contributed by atoms with Gasteiger partial charge in [-0.2, -0.15) is 0 Å². The van der Waals surface area contributed by atoms with Crippen LogP contribution in [0.5, 0.6) is 11.5 Å². The van der Waals surface area contributed by atoms with Gasteiger partial charge in [0.15, 0.2) is 11.5 Å². The lowest BCUT2D eigenvalue weighted by Gasteiger charge is -2.08. The SMILES string of the molecule is CCCCCNc1ccc(NC(=O)c2ccc3c(c2)OCO3)cn1. The fourth-order valence-corrected chi connectivity index (χ4v) is 2.40. The molecule has 0 unspecified atom stereocenters. The van der Waals surface area contributed by atoms with Crippen LogP contribution in [-0.2, 0) is 0 Å². The van der Waals surface area contributed by atoms with E-state index in [9.17, 15) is 4.79 Å². The van der Waals surface area contributed by atoms with E-state index in [-0.39, 0.29) is 12.7 Å². The van der Waals surface area contributed by atoms with Crippen molar-refractivity contribution >= 4 is 17.4 Å². The largest absolute Gasteiger partial charge is 0.454 e. The van der Waals surface area contributed by atoms with E-state index < -0.39 is 0 Å². The van der Waals surface area contributed by atoms with Gasteiger partial charge < -0.3 is 20.1 Å². The highest BCUT2D eigenvalue weighted by Gasteiger charge is 2.16. The Morgan fingerprint density at radius 1 is 1.17 bits per heavy atom. The number of hydrogen-bond acceptors (Lipinski definition) is 5. The van der Waals surface area contributed by atoms with Gasteiger partial charge in [-0.25, -0.2) is 4.98 Å². The Morgan fingerprint density at radius 2 is 2.04 bits per heavy atom. The van der Waals surface area contributed by atoms with E-state index in [0.29, 0.717) is 22.7 Å². The van der Waals surface area contributed by atoms with Crippen molar-refractivity contribution in [1.29, 1.82) is 0 Å². The zero-order chi connectivity index (χ0) is 16.8. The van der Waals surface area contributed by atoms with Gasteiger partial charge in [-0.15, -0.1) is 0 Å². The first kappa shape index (κ1) is 16.1. The molecule has 0 saturated heterocycles. The van der Waals surface area contributed by atoms with Gasteiger partial charge >= 0.3 is 0 Å². The fourth-order valence-electron chi connectivity index (χ4n) is 2.40. The van der Waals surface area contributed by atoms with Crippen LogP contribution >= 0.6 is 0 Å². The number of nitrogens with one attached hydrogen (secondary N) is 2. The third-order valence-corrected chi connectivity index (χ3v) is 3.74. The molecule has 0 bridgehead atoms. The summed E-state index contributed by atoms with van der Waals surface area (Å²) >= 11 is 0. The molecule has 0 spiro atoms. The van der Waals surface area contributed by atoms with Gasteiger partial charge in [-0.05, 0) is 36.8 Å². The van der Waals surface area contributed by atoms with Crippen molar-refractivity contribution in [3.8, 4) is 11.5 Å². The first-order chi connectivity index (χ1) is 11.8. The van der Waals surface area contributed by atoms with Gasteiger partial charge in [-0.3, -0.25) is 4.79 Å². The minimum absolute atomic E-state index is 0.192. The Bertz CT molecular complexity index is 701. The number of fused-ring (bicyclic) bond motifs is 1. The molecule has 24 heavy (non-hydrogen) atoms. The van der Waals surface area contributed by atoms with E-state index in [0.717, 1.165) is 18.8 Å². The molecular formula is C18H21N3O3. The second-order valence-electron chi connectivity index (χ2n) is 5.59. The van der Waals surface area contributed by atoms with Crippen LogP contribution in [-0.4, -0.2) is 24.2 Å². The van der Waals surface area contributed by atoms with Gasteiger partial charge in [0.25, 0.3) is 5.91 Å². The number of benzene rings is 1. The molecule has 6 heteroatoms. The molecular weight excluding hydrogens is 306 g/mol. The number of rotatable bonds is 7. The summed E-state index contributed by atoms with van der Waals surface area (Å²) < 4.78 is 10.5. The van der Waals surface area contributed by atoms with E-state index in [1.807, 2.05) is 12.1 Å². The smallest absolute Gasteiger partial charge is 0.255 e. The predicted octanol–water partition coefficient (Wildman–Crippen LogP) is 3.66. The number of carbonyl (C=O) groups excluding carboxylic acids is 1. The van der Waals surface area contributed by atoms with Crippen LogP contribution in [0.2, 0.25) is 0 Å². The van der Waals surface area contributed by atoms with Crippen LogP contribution in [0.4, 0.5) is 11.5 Å². The summed E-state index contributed by atoms with van der Waals surface area (Å²) in [5.74, 6) is 1.85. The van der Waals surface area contributed by atoms with E-state index in [2.05, 4.69) is 22.5 Å². The maximum absolute atomic E-state index is 12.3. The van der Waals surface area contributed by atoms with Crippen LogP contribution in [0.25, 0.3) is 0 Å². The number of nitrogens with zero attached hydrogens (tertiary/aromatic N) is 1. The molecule has 1 aliphatic rings. The van der Waals surface area contributed by atoms with Crippen LogP contribution in [0.3, 0.4) is 0 Å². The molecule has 1 aliphatic heterocycles. The third kappa shape index (κ3) is 3.95. The number of hydrogen-bond donors (Lipinski definition) is 2. The number of aromatic nitrogens is 1.